The molecule has 3 heterocycles. The molecule has 2 aromatic heterocycles. The Morgan fingerprint density at radius 3 is 2.58 bits per heavy atom. The third-order valence-corrected chi connectivity index (χ3v) is 6.38. The molecule has 1 fully saturated rings. The topological polar surface area (TPSA) is 41.4 Å². The zero-order chi connectivity index (χ0) is 16.5. The summed E-state index contributed by atoms with van der Waals surface area (Å²) in [4.78, 5) is 21.5. The Morgan fingerprint density at radius 2 is 1.88 bits per heavy atom. The van der Waals surface area contributed by atoms with E-state index in [-0.39, 0.29) is 4.87 Å². The minimum atomic E-state index is 0.143. The first-order chi connectivity index (χ1) is 11.7. The average Bonchev–Trinajstić information content (AvgIpc) is 3.14. The molecule has 0 amide bonds. The van der Waals surface area contributed by atoms with Crippen LogP contribution in [0.1, 0.15) is 10.7 Å². The van der Waals surface area contributed by atoms with Crippen molar-refractivity contribution < 1.29 is 0 Å². The van der Waals surface area contributed by atoms with Gasteiger partial charge in [0.15, 0.2) is 0 Å². The van der Waals surface area contributed by atoms with Gasteiger partial charge in [-0.05, 0) is 19.1 Å². The van der Waals surface area contributed by atoms with E-state index in [1.165, 1.54) is 21.0 Å². The highest BCUT2D eigenvalue weighted by molar-refractivity contribution is 7.18. The first-order valence-corrected chi connectivity index (χ1v) is 9.83. The van der Waals surface area contributed by atoms with Crippen molar-refractivity contribution in [1.82, 2.24) is 19.4 Å². The van der Waals surface area contributed by atoms with Gasteiger partial charge in [-0.15, -0.1) is 11.3 Å². The minimum absolute atomic E-state index is 0.143. The van der Waals surface area contributed by atoms with Gasteiger partial charge in [-0.1, -0.05) is 23.5 Å². The van der Waals surface area contributed by atoms with Crippen LogP contribution in [-0.4, -0.2) is 45.5 Å². The Labute approximate surface area is 148 Å². The molecule has 0 spiro atoms. The highest BCUT2D eigenvalue weighted by atomic mass is 32.1. The molecular weight excluding hydrogens is 340 g/mol. The summed E-state index contributed by atoms with van der Waals surface area (Å²) >= 11 is 3.08. The number of fused-ring (bicyclic) bond motifs is 1. The summed E-state index contributed by atoms with van der Waals surface area (Å²) in [7, 11) is 0. The molecule has 1 aromatic carbocycles. The summed E-state index contributed by atoms with van der Waals surface area (Å²) in [5.74, 6) is 0. The lowest BCUT2D eigenvalue weighted by Gasteiger charge is -2.34. The summed E-state index contributed by atoms with van der Waals surface area (Å²) in [6.45, 7) is 7.66. The molecule has 5 nitrogen and oxygen atoms in total. The SMILES string of the molecule is Cc1csc(=O)n1CN1CCN(Cc2nc3ccccc3s2)CC1. The number of aromatic nitrogens is 2. The van der Waals surface area contributed by atoms with E-state index in [1.807, 2.05) is 22.9 Å². The van der Waals surface area contributed by atoms with Crippen LogP contribution in [0.25, 0.3) is 10.2 Å². The second kappa shape index (κ2) is 6.76. The monoisotopic (exact) mass is 360 g/mol. The Bertz CT molecular complexity index is 856. The number of hydrogen-bond acceptors (Lipinski definition) is 6. The van der Waals surface area contributed by atoms with Crippen molar-refractivity contribution in [2.45, 2.75) is 20.1 Å². The van der Waals surface area contributed by atoms with Gasteiger partial charge in [0.2, 0.25) is 0 Å². The van der Waals surface area contributed by atoms with E-state index in [9.17, 15) is 4.79 Å². The molecule has 0 radical (unpaired) electrons. The molecule has 1 aliphatic rings. The number of piperazine rings is 1. The number of benzene rings is 1. The van der Waals surface area contributed by atoms with Crippen molar-refractivity contribution in [2.24, 2.45) is 0 Å². The molecule has 0 atom stereocenters. The van der Waals surface area contributed by atoms with Crippen LogP contribution in [0.5, 0.6) is 0 Å². The van der Waals surface area contributed by atoms with Gasteiger partial charge in [-0.3, -0.25) is 19.2 Å². The molecule has 4 rings (SSSR count). The molecule has 24 heavy (non-hydrogen) atoms. The normalized spacial score (nSPS) is 16.9. The Morgan fingerprint density at radius 1 is 1.12 bits per heavy atom. The van der Waals surface area contributed by atoms with Crippen LogP contribution in [0.2, 0.25) is 0 Å². The number of para-hydroxylation sites is 1. The summed E-state index contributed by atoms with van der Waals surface area (Å²) in [6.07, 6.45) is 0. The molecule has 126 valence electrons. The molecular formula is C17H20N4OS2. The van der Waals surface area contributed by atoms with E-state index in [1.54, 1.807) is 11.3 Å². The van der Waals surface area contributed by atoms with Crippen molar-refractivity contribution in [1.29, 1.82) is 0 Å². The summed E-state index contributed by atoms with van der Waals surface area (Å²) < 4.78 is 3.13. The van der Waals surface area contributed by atoms with Gasteiger partial charge in [-0.2, -0.15) is 0 Å². The van der Waals surface area contributed by atoms with Gasteiger partial charge >= 0.3 is 4.87 Å². The van der Waals surface area contributed by atoms with E-state index in [0.29, 0.717) is 6.67 Å². The smallest absolute Gasteiger partial charge is 0.294 e. The van der Waals surface area contributed by atoms with Gasteiger partial charge in [0.25, 0.3) is 0 Å². The second-order valence-corrected chi connectivity index (χ2v) is 8.12. The quantitative estimate of drug-likeness (QED) is 0.717. The summed E-state index contributed by atoms with van der Waals surface area (Å²) in [6, 6.07) is 8.32. The Hall–Kier alpha value is -1.54. The van der Waals surface area contributed by atoms with Gasteiger partial charge < -0.3 is 0 Å². The van der Waals surface area contributed by atoms with E-state index in [4.69, 9.17) is 4.98 Å². The largest absolute Gasteiger partial charge is 0.308 e. The van der Waals surface area contributed by atoms with Gasteiger partial charge in [0.1, 0.15) is 5.01 Å². The maximum Gasteiger partial charge on any atom is 0.308 e. The number of aryl methyl sites for hydroxylation is 1. The maximum absolute atomic E-state index is 11.8. The predicted molar refractivity (Wildman–Crippen MR) is 99.8 cm³/mol. The van der Waals surface area contributed by atoms with Crippen LogP contribution in [0, 0.1) is 6.92 Å². The van der Waals surface area contributed by atoms with Crippen LogP contribution >= 0.6 is 22.7 Å². The fourth-order valence-corrected chi connectivity index (χ4v) is 4.78. The molecule has 0 aliphatic carbocycles. The number of rotatable bonds is 4. The van der Waals surface area contributed by atoms with Crippen LogP contribution in [0.3, 0.4) is 0 Å². The van der Waals surface area contributed by atoms with E-state index < -0.39 is 0 Å². The van der Waals surface area contributed by atoms with Crippen LogP contribution in [0.4, 0.5) is 0 Å². The van der Waals surface area contributed by atoms with Crippen molar-refractivity contribution >= 4 is 32.9 Å². The van der Waals surface area contributed by atoms with E-state index in [2.05, 4.69) is 28.0 Å². The molecule has 3 aromatic rings. The summed E-state index contributed by atoms with van der Waals surface area (Å²) in [5, 5.41) is 3.13. The average molecular weight is 361 g/mol. The van der Waals surface area contributed by atoms with E-state index in [0.717, 1.165) is 43.9 Å². The number of nitrogens with zero attached hydrogens (tertiary/aromatic N) is 4. The lowest BCUT2D eigenvalue weighted by atomic mass is 10.3. The van der Waals surface area contributed by atoms with Gasteiger partial charge in [0, 0.05) is 37.3 Å². The third-order valence-electron chi connectivity index (χ3n) is 4.48. The summed E-state index contributed by atoms with van der Waals surface area (Å²) in [5.41, 5.74) is 2.16. The highest BCUT2D eigenvalue weighted by Crippen LogP contribution is 2.23. The Balaban J connectivity index is 1.35. The Kier molecular flexibility index (Phi) is 4.49. The molecule has 1 aliphatic heterocycles. The second-order valence-electron chi connectivity index (χ2n) is 6.18. The lowest BCUT2D eigenvalue weighted by Crippen LogP contribution is -2.47. The molecule has 0 bridgehead atoms. The minimum Gasteiger partial charge on any atom is -0.294 e. The van der Waals surface area contributed by atoms with Gasteiger partial charge in [0.05, 0.1) is 23.4 Å². The zero-order valence-corrected chi connectivity index (χ0v) is 15.3. The fourth-order valence-electron chi connectivity index (χ4n) is 3.04. The standard InChI is InChI=1S/C17H20N4OS2/c1-13-11-23-17(22)21(13)12-20-8-6-19(7-9-20)10-16-18-14-4-2-3-5-15(14)24-16/h2-5,11H,6-10,12H2,1H3. The molecule has 0 saturated carbocycles. The van der Waals surface area contributed by atoms with Gasteiger partial charge in [-0.25, -0.2) is 4.98 Å². The lowest BCUT2D eigenvalue weighted by molar-refractivity contribution is 0.102. The molecule has 7 heteroatoms. The molecule has 0 N–H and O–H groups in total. The van der Waals surface area contributed by atoms with Crippen LogP contribution in [0.15, 0.2) is 34.4 Å². The first-order valence-electron chi connectivity index (χ1n) is 8.13. The van der Waals surface area contributed by atoms with Crippen molar-refractivity contribution in [3.63, 3.8) is 0 Å². The fraction of sp³-hybridized carbons (Fsp3) is 0.412. The first kappa shape index (κ1) is 16.0. The van der Waals surface area contributed by atoms with Crippen molar-refractivity contribution in [3.05, 3.63) is 50.0 Å². The third kappa shape index (κ3) is 3.30. The number of hydrogen-bond donors (Lipinski definition) is 0. The van der Waals surface area contributed by atoms with E-state index >= 15 is 0 Å². The highest BCUT2D eigenvalue weighted by Gasteiger charge is 2.19. The zero-order valence-electron chi connectivity index (χ0n) is 13.6. The predicted octanol–water partition coefficient (Wildman–Crippen LogP) is 2.60. The maximum atomic E-state index is 11.8. The van der Waals surface area contributed by atoms with Crippen molar-refractivity contribution in [3.8, 4) is 0 Å². The van der Waals surface area contributed by atoms with Crippen LogP contribution < -0.4 is 4.87 Å². The van der Waals surface area contributed by atoms with Crippen molar-refractivity contribution in [2.75, 3.05) is 26.2 Å². The molecule has 1 saturated heterocycles. The van der Waals surface area contributed by atoms with Crippen LogP contribution in [-0.2, 0) is 13.2 Å². The number of thiazole rings is 2. The molecule has 0 unspecified atom stereocenters.